The fourth-order valence-electron chi connectivity index (χ4n) is 2.64. The summed E-state index contributed by atoms with van der Waals surface area (Å²) in [5.41, 5.74) is 0.765. The number of thioether (sulfide) groups is 1. The summed E-state index contributed by atoms with van der Waals surface area (Å²) in [4.78, 5) is 28.1. The van der Waals surface area contributed by atoms with Crippen molar-refractivity contribution in [3.05, 3.63) is 24.3 Å². The highest BCUT2D eigenvalue weighted by Crippen LogP contribution is 2.42. The highest BCUT2D eigenvalue weighted by molar-refractivity contribution is 8.02. The van der Waals surface area contributed by atoms with E-state index in [1.54, 1.807) is 6.92 Å². The molecule has 0 spiro atoms. The van der Waals surface area contributed by atoms with Gasteiger partial charge in [-0.15, -0.1) is 0 Å². The van der Waals surface area contributed by atoms with Gasteiger partial charge in [0.15, 0.2) is 4.75 Å². The number of nitrogens with zero attached hydrogens (tertiary/aromatic N) is 1. The Bertz CT molecular complexity index is 604. The fraction of sp³-hybridized carbons (Fsp3) is 0.500. The van der Waals surface area contributed by atoms with Gasteiger partial charge in [-0.05, 0) is 19.1 Å². The van der Waals surface area contributed by atoms with E-state index < -0.39 is 4.75 Å². The third kappa shape index (κ3) is 3.52. The predicted octanol–water partition coefficient (Wildman–Crippen LogP) is 0.938. The van der Waals surface area contributed by atoms with Crippen molar-refractivity contribution in [1.82, 2.24) is 10.2 Å². The van der Waals surface area contributed by atoms with E-state index in [2.05, 4.69) is 15.5 Å². The van der Waals surface area contributed by atoms with E-state index in [1.165, 1.54) is 11.8 Å². The SMILES string of the molecule is C[C@@]1(C(=O)NCCN2CCOCC2)Sc2ccccc2NC1=O. The van der Waals surface area contributed by atoms with Gasteiger partial charge in [0, 0.05) is 31.1 Å². The summed E-state index contributed by atoms with van der Waals surface area (Å²) >= 11 is 1.30. The highest BCUT2D eigenvalue weighted by Gasteiger charge is 2.45. The normalized spacial score (nSPS) is 24.7. The van der Waals surface area contributed by atoms with E-state index in [0.717, 1.165) is 43.4 Å². The first-order valence-corrected chi connectivity index (χ1v) is 8.59. The Labute approximate surface area is 139 Å². The number of para-hydroxylation sites is 1. The molecule has 124 valence electrons. The fourth-order valence-corrected chi connectivity index (χ4v) is 3.76. The van der Waals surface area contributed by atoms with Crippen LogP contribution in [0.3, 0.4) is 0 Å². The summed E-state index contributed by atoms with van der Waals surface area (Å²) in [6, 6.07) is 7.53. The number of hydrogen-bond acceptors (Lipinski definition) is 5. The maximum atomic E-state index is 12.5. The van der Waals surface area contributed by atoms with Gasteiger partial charge in [0.05, 0.1) is 18.9 Å². The molecule has 1 fully saturated rings. The number of hydrogen-bond donors (Lipinski definition) is 2. The van der Waals surface area contributed by atoms with Crippen molar-refractivity contribution in [1.29, 1.82) is 0 Å². The Kier molecular flexibility index (Phi) is 4.89. The molecule has 0 radical (unpaired) electrons. The Morgan fingerprint density at radius 2 is 2.13 bits per heavy atom. The minimum atomic E-state index is -1.14. The number of rotatable bonds is 4. The number of anilines is 1. The van der Waals surface area contributed by atoms with Crippen LogP contribution in [0.5, 0.6) is 0 Å². The lowest BCUT2D eigenvalue weighted by molar-refractivity contribution is -0.129. The number of fused-ring (bicyclic) bond motifs is 1. The quantitative estimate of drug-likeness (QED) is 0.802. The molecular formula is C16H21N3O3S. The van der Waals surface area contributed by atoms with Gasteiger partial charge in [0.2, 0.25) is 11.8 Å². The maximum absolute atomic E-state index is 12.5. The zero-order valence-corrected chi connectivity index (χ0v) is 13.9. The van der Waals surface area contributed by atoms with Gasteiger partial charge in [0.25, 0.3) is 0 Å². The van der Waals surface area contributed by atoms with Crippen LogP contribution >= 0.6 is 11.8 Å². The molecule has 0 bridgehead atoms. The highest BCUT2D eigenvalue weighted by atomic mass is 32.2. The van der Waals surface area contributed by atoms with E-state index in [4.69, 9.17) is 4.74 Å². The van der Waals surface area contributed by atoms with Crippen LogP contribution in [-0.2, 0) is 14.3 Å². The van der Waals surface area contributed by atoms with Crippen LogP contribution in [0.1, 0.15) is 6.92 Å². The van der Waals surface area contributed by atoms with Crippen molar-refractivity contribution >= 4 is 29.3 Å². The first-order valence-electron chi connectivity index (χ1n) is 7.77. The Hall–Kier alpha value is -1.57. The molecule has 1 aromatic rings. The van der Waals surface area contributed by atoms with Crippen molar-refractivity contribution in [2.24, 2.45) is 0 Å². The van der Waals surface area contributed by atoms with Crippen LogP contribution in [0, 0.1) is 0 Å². The van der Waals surface area contributed by atoms with E-state index >= 15 is 0 Å². The third-order valence-corrected chi connectivity index (χ3v) is 5.49. The van der Waals surface area contributed by atoms with Gasteiger partial charge in [-0.2, -0.15) is 0 Å². The van der Waals surface area contributed by atoms with Crippen molar-refractivity contribution in [2.45, 2.75) is 16.6 Å². The summed E-state index contributed by atoms with van der Waals surface area (Å²) in [7, 11) is 0. The monoisotopic (exact) mass is 335 g/mol. The number of benzene rings is 1. The zero-order chi connectivity index (χ0) is 16.3. The smallest absolute Gasteiger partial charge is 0.250 e. The summed E-state index contributed by atoms with van der Waals surface area (Å²) in [5.74, 6) is -0.521. The van der Waals surface area contributed by atoms with Crippen molar-refractivity contribution < 1.29 is 14.3 Å². The molecule has 3 rings (SSSR count). The first kappa shape index (κ1) is 16.3. The Morgan fingerprint density at radius 1 is 1.39 bits per heavy atom. The molecule has 1 saturated heterocycles. The second kappa shape index (κ2) is 6.90. The second-order valence-corrected chi connectivity index (χ2v) is 7.26. The molecule has 2 aliphatic heterocycles. The minimum Gasteiger partial charge on any atom is -0.379 e. The number of ether oxygens (including phenoxy) is 1. The van der Waals surface area contributed by atoms with Gasteiger partial charge in [-0.25, -0.2) is 0 Å². The average Bonchev–Trinajstić information content (AvgIpc) is 2.57. The Balaban J connectivity index is 1.58. The molecule has 0 aliphatic carbocycles. The molecule has 0 unspecified atom stereocenters. The largest absolute Gasteiger partial charge is 0.379 e. The number of carbonyl (C=O) groups excluding carboxylic acids is 2. The molecule has 6 nitrogen and oxygen atoms in total. The molecule has 7 heteroatoms. The van der Waals surface area contributed by atoms with Crippen molar-refractivity contribution in [3.8, 4) is 0 Å². The summed E-state index contributed by atoms with van der Waals surface area (Å²) in [6.07, 6.45) is 0. The molecule has 2 N–H and O–H groups in total. The molecule has 23 heavy (non-hydrogen) atoms. The number of nitrogens with one attached hydrogen (secondary N) is 2. The number of morpholine rings is 1. The van der Waals surface area contributed by atoms with Crippen LogP contribution in [0.25, 0.3) is 0 Å². The second-order valence-electron chi connectivity index (χ2n) is 5.80. The standard InChI is InChI=1S/C16H21N3O3S/c1-16(14(20)17-6-7-19-8-10-22-11-9-19)15(21)18-12-4-2-3-5-13(12)23-16/h2-5H,6-11H2,1H3,(H,17,20)(H,18,21)/t16-/m0/s1. The van der Waals surface area contributed by atoms with Gasteiger partial charge in [-0.3, -0.25) is 14.5 Å². The third-order valence-electron chi connectivity index (χ3n) is 4.13. The van der Waals surface area contributed by atoms with Gasteiger partial charge >= 0.3 is 0 Å². The number of carbonyl (C=O) groups is 2. The lowest BCUT2D eigenvalue weighted by Gasteiger charge is -2.32. The molecular weight excluding hydrogens is 314 g/mol. The van der Waals surface area contributed by atoms with Crippen LogP contribution in [-0.4, -0.2) is 60.9 Å². The zero-order valence-electron chi connectivity index (χ0n) is 13.1. The van der Waals surface area contributed by atoms with E-state index in [-0.39, 0.29) is 11.8 Å². The van der Waals surface area contributed by atoms with Crippen molar-refractivity contribution in [3.63, 3.8) is 0 Å². The van der Waals surface area contributed by atoms with Gasteiger partial charge < -0.3 is 15.4 Å². The van der Waals surface area contributed by atoms with E-state index in [9.17, 15) is 9.59 Å². The minimum absolute atomic E-state index is 0.247. The summed E-state index contributed by atoms with van der Waals surface area (Å²) < 4.78 is 4.16. The van der Waals surface area contributed by atoms with Crippen LogP contribution < -0.4 is 10.6 Å². The van der Waals surface area contributed by atoms with Crippen LogP contribution in [0.15, 0.2) is 29.2 Å². The Morgan fingerprint density at radius 3 is 2.91 bits per heavy atom. The predicted molar refractivity (Wildman–Crippen MR) is 89.6 cm³/mol. The van der Waals surface area contributed by atoms with E-state index in [1.807, 2.05) is 24.3 Å². The molecule has 2 amide bonds. The molecule has 0 saturated carbocycles. The van der Waals surface area contributed by atoms with Crippen LogP contribution in [0.2, 0.25) is 0 Å². The average molecular weight is 335 g/mol. The van der Waals surface area contributed by atoms with Gasteiger partial charge in [0.1, 0.15) is 0 Å². The molecule has 1 aromatic carbocycles. The lowest BCUT2D eigenvalue weighted by atomic mass is 10.1. The lowest BCUT2D eigenvalue weighted by Crippen LogP contribution is -2.53. The maximum Gasteiger partial charge on any atom is 0.250 e. The molecule has 2 heterocycles. The summed E-state index contributed by atoms with van der Waals surface area (Å²) in [5, 5.41) is 5.72. The van der Waals surface area contributed by atoms with Gasteiger partial charge in [-0.1, -0.05) is 23.9 Å². The van der Waals surface area contributed by atoms with Crippen LogP contribution in [0.4, 0.5) is 5.69 Å². The summed E-state index contributed by atoms with van der Waals surface area (Å²) in [6.45, 7) is 6.22. The first-order chi connectivity index (χ1) is 11.1. The molecule has 0 aromatic heterocycles. The number of amides is 2. The molecule has 2 aliphatic rings. The molecule has 1 atom stereocenters. The van der Waals surface area contributed by atoms with E-state index in [0.29, 0.717) is 6.54 Å². The van der Waals surface area contributed by atoms with Crippen molar-refractivity contribution in [2.75, 3.05) is 44.7 Å². The topological polar surface area (TPSA) is 70.7 Å².